The van der Waals surface area contributed by atoms with E-state index in [0.717, 1.165) is 70.0 Å². The number of hydrogen-bond acceptors (Lipinski definition) is 4. The Bertz CT molecular complexity index is 499. The first-order valence-corrected chi connectivity index (χ1v) is 10.9. The van der Waals surface area contributed by atoms with Crippen molar-refractivity contribution in [3.05, 3.63) is 28.8 Å². The third-order valence-electron chi connectivity index (χ3n) is 5.14. The van der Waals surface area contributed by atoms with Gasteiger partial charge in [0.15, 0.2) is 6.79 Å². The van der Waals surface area contributed by atoms with Gasteiger partial charge >= 0.3 is 0 Å². The van der Waals surface area contributed by atoms with E-state index >= 15 is 0 Å². The van der Waals surface area contributed by atoms with Crippen molar-refractivity contribution in [2.75, 3.05) is 27.1 Å². The lowest BCUT2D eigenvalue weighted by Crippen LogP contribution is -2.14. The molecule has 0 aliphatic heterocycles. The minimum absolute atomic E-state index is 0.0943. The van der Waals surface area contributed by atoms with Gasteiger partial charge in [-0.25, -0.2) is 0 Å². The van der Waals surface area contributed by atoms with Crippen LogP contribution in [0.2, 0.25) is 0 Å². The maximum Gasteiger partial charge on any atom is 0.188 e. The topological polar surface area (TPSA) is 58.9 Å². The maximum atomic E-state index is 8.97. The normalized spacial score (nSPS) is 11.8. The third kappa shape index (κ3) is 9.40. The van der Waals surface area contributed by atoms with E-state index in [-0.39, 0.29) is 25.4 Å². The van der Waals surface area contributed by atoms with Gasteiger partial charge in [-0.1, -0.05) is 58.6 Å². The van der Waals surface area contributed by atoms with E-state index in [9.17, 15) is 0 Å². The summed E-state index contributed by atoms with van der Waals surface area (Å²) in [4.78, 5) is 0. The van der Waals surface area contributed by atoms with Crippen molar-refractivity contribution in [3.63, 3.8) is 0 Å². The van der Waals surface area contributed by atoms with Gasteiger partial charge in [0.05, 0.1) is 0 Å². The van der Waals surface area contributed by atoms with E-state index in [2.05, 4.69) is 32.9 Å². The van der Waals surface area contributed by atoms with Crippen LogP contribution in [0.3, 0.4) is 0 Å². The fraction of sp³-hybridized carbons (Fsp3) is 0.750. The summed E-state index contributed by atoms with van der Waals surface area (Å²) in [5, 5.41) is 17.9. The number of aryl methyl sites for hydroxylation is 2. The largest absolute Gasteiger partial charge is 0.467 e. The zero-order chi connectivity index (χ0) is 20.8. The van der Waals surface area contributed by atoms with Gasteiger partial charge in [-0.05, 0) is 60.6 Å². The van der Waals surface area contributed by atoms with Crippen LogP contribution in [0.5, 0.6) is 5.75 Å². The summed E-state index contributed by atoms with van der Waals surface area (Å²) in [7, 11) is 1.66. The van der Waals surface area contributed by atoms with Crippen molar-refractivity contribution in [1.29, 1.82) is 0 Å². The molecule has 0 bridgehead atoms. The van der Waals surface area contributed by atoms with Crippen molar-refractivity contribution >= 4 is 0 Å². The zero-order valence-electron chi connectivity index (χ0n) is 18.6. The highest BCUT2D eigenvalue weighted by molar-refractivity contribution is 5.47. The van der Waals surface area contributed by atoms with Crippen LogP contribution < -0.4 is 4.74 Å². The van der Waals surface area contributed by atoms with E-state index < -0.39 is 0 Å². The van der Waals surface area contributed by atoms with E-state index in [1.807, 2.05) is 0 Å². The van der Waals surface area contributed by atoms with Crippen molar-refractivity contribution in [3.8, 4) is 5.75 Å². The lowest BCUT2D eigenvalue weighted by molar-refractivity contribution is 0.0496. The van der Waals surface area contributed by atoms with E-state index in [0.29, 0.717) is 0 Å². The lowest BCUT2D eigenvalue weighted by atomic mass is 9.83. The Morgan fingerprint density at radius 1 is 0.750 bits per heavy atom. The zero-order valence-corrected chi connectivity index (χ0v) is 18.6. The molecular formula is C24H42O4. The van der Waals surface area contributed by atoms with Gasteiger partial charge in [0.1, 0.15) is 5.75 Å². The Kier molecular flexibility index (Phi) is 12.4. The molecular weight excluding hydrogens is 352 g/mol. The fourth-order valence-corrected chi connectivity index (χ4v) is 3.42. The highest BCUT2D eigenvalue weighted by Crippen LogP contribution is 2.34. The molecule has 1 rings (SSSR count). The number of aliphatic hydroxyl groups is 2. The fourth-order valence-electron chi connectivity index (χ4n) is 3.42. The molecule has 4 heteroatoms. The number of benzene rings is 1. The molecule has 2 N–H and O–H groups in total. The first kappa shape index (κ1) is 24.9. The number of rotatable bonds is 15. The monoisotopic (exact) mass is 394 g/mol. The van der Waals surface area contributed by atoms with E-state index in [1.165, 1.54) is 16.7 Å². The van der Waals surface area contributed by atoms with Gasteiger partial charge in [-0.3, -0.25) is 0 Å². The minimum atomic E-state index is 0.0943. The molecule has 1 aromatic carbocycles. The Morgan fingerprint density at radius 2 is 1.21 bits per heavy atom. The average Bonchev–Trinajstić information content (AvgIpc) is 2.65. The Balaban J connectivity index is 3.00. The minimum Gasteiger partial charge on any atom is -0.467 e. The van der Waals surface area contributed by atoms with Crippen LogP contribution >= 0.6 is 0 Å². The highest BCUT2D eigenvalue weighted by atomic mass is 16.7. The Labute approximate surface area is 172 Å². The molecule has 0 saturated heterocycles. The Hall–Kier alpha value is -1.10. The van der Waals surface area contributed by atoms with Gasteiger partial charge in [-0.15, -0.1) is 0 Å². The molecule has 0 aromatic heterocycles. The predicted molar refractivity (Wildman–Crippen MR) is 116 cm³/mol. The second kappa shape index (κ2) is 14.0. The van der Waals surface area contributed by atoms with Crippen molar-refractivity contribution in [1.82, 2.24) is 0 Å². The predicted octanol–water partition coefficient (Wildman–Crippen LogP) is 5.16. The summed E-state index contributed by atoms with van der Waals surface area (Å²) in [5.41, 5.74) is 4.00. The van der Waals surface area contributed by atoms with Gasteiger partial charge in [0.2, 0.25) is 0 Å². The van der Waals surface area contributed by atoms with Crippen LogP contribution in [-0.2, 0) is 23.0 Å². The van der Waals surface area contributed by atoms with Crippen LogP contribution in [0.25, 0.3) is 0 Å². The molecule has 0 aliphatic carbocycles. The van der Waals surface area contributed by atoms with Gasteiger partial charge in [0.25, 0.3) is 0 Å². The lowest BCUT2D eigenvalue weighted by Gasteiger charge is -2.24. The molecule has 1 aromatic rings. The summed E-state index contributed by atoms with van der Waals surface area (Å²) in [6, 6.07) is 4.62. The number of ether oxygens (including phenoxy) is 2. The van der Waals surface area contributed by atoms with E-state index in [1.54, 1.807) is 7.11 Å². The molecule has 0 unspecified atom stereocenters. The molecule has 0 aliphatic rings. The van der Waals surface area contributed by atoms with Crippen LogP contribution in [0.4, 0.5) is 0 Å². The molecule has 0 amide bonds. The van der Waals surface area contributed by atoms with Crippen LogP contribution in [0.15, 0.2) is 12.1 Å². The van der Waals surface area contributed by atoms with Gasteiger partial charge in [0, 0.05) is 20.3 Å². The molecule has 0 fully saturated rings. The number of methoxy groups -OCH3 is 1. The maximum absolute atomic E-state index is 8.97. The quantitative estimate of drug-likeness (QED) is 0.319. The first-order chi connectivity index (χ1) is 13.4. The van der Waals surface area contributed by atoms with Crippen molar-refractivity contribution < 1.29 is 19.7 Å². The Morgan fingerprint density at radius 3 is 1.61 bits per heavy atom. The molecule has 0 heterocycles. The van der Waals surface area contributed by atoms with Crippen molar-refractivity contribution in [2.24, 2.45) is 0 Å². The SMILES string of the molecule is COCOc1c(CCCCCCO)cc(C(C)(C)C)cc1CCCCCCO. The summed E-state index contributed by atoms with van der Waals surface area (Å²) in [6.07, 6.45) is 10.4. The number of hydrogen-bond donors (Lipinski definition) is 2. The number of aliphatic hydroxyl groups excluding tert-OH is 2. The molecule has 0 saturated carbocycles. The van der Waals surface area contributed by atoms with Crippen molar-refractivity contribution in [2.45, 2.75) is 90.4 Å². The van der Waals surface area contributed by atoms with Crippen LogP contribution in [0, 0.1) is 0 Å². The second-order valence-corrected chi connectivity index (χ2v) is 8.70. The molecule has 0 radical (unpaired) electrons. The van der Waals surface area contributed by atoms with E-state index in [4.69, 9.17) is 19.7 Å². The van der Waals surface area contributed by atoms with Gasteiger partial charge < -0.3 is 19.7 Å². The van der Waals surface area contributed by atoms with Crippen LogP contribution in [0.1, 0.15) is 88.8 Å². The molecule has 28 heavy (non-hydrogen) atoms. The number of unbranched alkanes of at least 4 members (excludes halogenated alkanes) is 6. The first-order valence-electron chi connectivity index (χ1n) is 10.9. The molecule has 0 spiro atoms. The third-order valence-corrected chi connectivity index (χ3v) is 5.14. The molecule has 4 nitrogen and oxygen atoms in total. The molecule has 0 atom stereocenters. The van der Waals surface area contributed by atoms with Gasteiger partial charge in [-0.2, -0.15) is 0 Å². The highest BCUT2D eigenvalue weighted by Gasteiger charge is 2.19. The molecule has 162 valence electrons. The second-order valence-electron chi connectivity index (χ2n) is 8.70. The van der Waals surface area contributed by atoms with Crippen LogP contribution in [-0.4, -0.2) is 37.3 Å². The standard InChI is InChI=1S/C24H42O4/c1-24(2,3)22-17-20(13-9-5-7-11-15-25)23(28-19-27-4)21(18-22)14-10-6-8-12-16-26/h17-18,25-26H,5-16,19H2,1-4H3. The summed E-state index contributed by atoms with van der Waals surface area (Å²) < 4.78 is 11.2. The summed E-state index contributed by atoms with van der Waals surface area (Å²) in [5.74, 6) is 0.999. The summed E-state index contributed by atoms with van der Waals surface area (Å²) >= 11 is 0. The summed E-state index contributed by atoms with van der Waals surface area (Å²) in [6.45, 7) is 7.60. The average molecular weight is 395 g/mol. The smallest absolute Gasteiger partial charge is 0.188 e.